The van der Waals surface area contributed by atoms with Gasteiger partial charge in [-0.05, 0) is 49.8 Å². The molecule has 0 unspecified atom stereocenters. The molecule has 0 bridgehead atoms. The third-order valence-corrected chi connectivity index (χ3v) is 7.30. The van der Waals surface area contributed by atoms with Gasteiger partial charge in [-0.2, -0.15) is 0 Å². The number of aliphatic hydroxyl groups is 1. The largest absolute Gasteiger partial charge is 0.465 e. The minimum atomic E-state index is -3.57. The van der Waals surface area contributed by atoms with Crippen LogP contribution >= 0.6 is 0 Å². The third-order valence-electron chi connectivity index (χ3n) is 5.47. The molecule has 188 valence electrons. The van der Waals surface area contributed by atoms with E-state index in [4.69, 9.17) is 5.11 Å². The molecule has 1 aromatic carbocycles. The molecule has 0 spiro atoms. The van der Waals surface area contributed by atoms with Gasteiger partial charge in [0.25, 0.3) is 0 Å². The summed E-state index contributed by atoms with van der Waals surface area (Å²) in [5.74, 6) is -0.574. The first-order valence-corrected chi connectivity index (χ1v) is 12.3. The van der Waals surface area contributed by atoms with Gasteiger partial charge in [0.1, 0.15) is 5.83 Å². The van der Waals surface area contributed by atoms with Crippen molar-refractivity contribution in [3.05, 3.63) is 71.3 Å². The molecule has 9 nitrogen and oxygen atoms in total. The lowest BCUT2D eigenvalue weighted by atomic mass is 9.96. The SMILES string of the molecule is CN(C)S(=O)(=O)c1ccc(Cc2c(C(C)(C)O)n(CC(F)=CCNC(=O)O)c3cccnc23)cc1. The molecule has 11 heteroatoms. The summed E-state index contributed by atoms with van der Waals surface area (Å²) in [7, 11) is -0.642. The van der Waals surface area contributed by atoms with Gasteiger partial charge in [0, 0.05) is 38.8 Å². The van der Waals surface area contributed by atoms with Gasteiger partial charge in [0.15, 0.2) is 0 Å². The zero-order chi connectivity index (χ0) is 26.0. The number of fused-ring (bicyclic) bond motifs is 1. The van der Waals surface area contributed by atoms with Crippen LogP contribution in [0.4, 0.5) is 9.18 Å². The maximum atomic E-state index is 14.7. The fourth-order valence-corrected chi connectivity index (χ4v) is 4.83. The Morgan fingerprint density at radius 1 is 1.23 bits per heavy atom. The number of pyridine rings is 1. The second kappa shape index (κ2) is 10.1. The molecule has 3 N–H and O–H groups in total. The lowest BCUT2D eigenvalue weighted by Crippen LogP contribution is -2.24. The number of aromatic nitrogens is 2. The van der Waals surface area contributed by atoms with E-state index in [1.54, 1.807) is 48.9 Å². The molecule has 3 rings (SSSR count). The van der Waals surface area contributed by atoms with Crippen molar-refractivity contribution >= 4 is 27.1 Å². The molecule has 3 aromatic rings. The van der Waals surface area contributed by atoms with E-state index < -0.39 is 27.5 Å². The average molecular weight is 505 g/mol. The highest BCUT2D eigenvalue weighted by atomic mass is 32.2. The number of nitrogens with one attached hydrogen (secondary N) is 1. The topological polar surface area (TPSA) is 125 Å². The number of rotatable bonds is 9. The van der Waals surface area contributed by atoms with Crippen molar-refractivity contribution in [1.82, 2.24) is 19.2 Å². The van der Waals surface area contributed by atoms with Crippen LogP contribution in [0, 0.1) is 0 Å². The third kappa shape index (κ3) is 5.87. The van der Waals surface area contributed by atoms with Crippen LogP contribution < -0.4 is 5.32 Å². The molecule has 0 saturated heterocycles. The number of hydrogen-bond donors (Lipinski definition) is 3. The van der Waals surface area contributed by atoms with Crippen LogP contribution in [-0.2, 0) is 28.6 Å². The van der Waals surface area contributed by atoms with Crippen LogP contribution in [0.25, 0.3) is 11.0 Å². The number of benzene rings is 1. The molecular formula is C24H29FN4O5S. The zero-order valence-electron chi connectivity index (χ0n) is 20.0. The Kier molecular flexibility index (Phi) is 7.63. The normalized spacial score (nSPS) is 12.9. The number of halogens is 1. The van der Waals surface area contributed by atoms with E-state index in [1.807, 2.05) is 0 Å². The monoisotopic (exact) mass is 504 g/mol. The molecule has 0 atom stereocenters. The predicted octanol–water partition coefficient (Wildman–Crippen LogP) is 3.23. The van der Waals surface area contributed by atoms with Gasteiger partial charge in [-0.25, -0.2) is 21.9 Å². The molecule has 0 saturated carbocycles. The molecule has 0 aliphatic heterocycles. The van der Waals surface area contributed by atoms with E-state index in [0.717, 1.165) is 15.9 Å². The Morgan fingerprint density at radius 3 is 2.46 bits per heavy atom. The first kappa shape index (κ1) is 26.3. The summed E-state index contributed by atoms with van der Waals surface area (Å²) in [5, 5.41) is 21.8. The quantitative estimate of drug-likeness (QED) is 0.411. The maximum absolute atomic E-state index is 14.7. The van der Waals surface area contributed by atoms with Crippen molar-refractivity contribution in [2.75, 3.05) is 20.6 Å². The lowest BCUT2D eigenvalue weighted by molar-refractivity contribution is 0.0694. The smallest absolute Gasteiger partial charge is 0.404 e. The van der Waals surface area contributed by atoms with Gasteiger partial charge in [0.2, 0.25) is 10.0 Å². The van der Waals surface area contributed by atoms with Crippen molar-refractivity contribution < 1.29 is 27.8 Å². The minimum absolute atomic E-state index is 0.164. The molecule has 0 aliphatic carbocycles. The van der Waals surface area contributed by atoms with Gasteiger partial charge in [0.05, 0.1) is 33.8 Å². The number of allylic oxidation sites excluding steroid dienone is 1. The van der Waals surface area contributed by atoms with E-state index in [2.05, 4.69) is 10.3 Å². The summed E-state index contributed by atoms with van der Waals surface area (Å²) >= 11 is 0. The fraction of sp³-hybridized carbons (Fsp3) is 0.333. The number of sulfonamides is 1. The number of amides is 1. The Bertz CT molecular complexity index is 1360. The van der Waals surface area contributed by atoms with Crippen molar-refractivity contribution in [2.24, 2.45) is 0 Å². The van der Waals surface area contributed by atoms with Gasteiger partial charge in [-0.15, -0.1) is 0 Å². The van der Waals surface area contributed by atoms with E-state index >= 15 is 0 Å². The fourth-order valence-electron chi connectivity index (χ4n) is 3.93. The second-order valence-electron chi connectivity index (χ2n) is 8.79. The summed E-state index contributed by atoms with van der Waals surface area (Å²) in [5.41, 5.74) is 1.79. The molecule has 2 aromatic heterocycles. The highest BCUT2D eigenvalue weighted by Gasteiger charge is 2.29. The molecule has 2 heterocycles. The molecular weight excluding hydrogens is 475 g/mol. The Hall–Kier alpha value is -3.28. The van der Waals surface area contributed by atoms with Gasteiger partial charge < -0.3 is 20.1 Å². The van der Waals surface area contributed by atoms with Crippen LogP contribution in [0.15, 0.2) is 59.4 Å². The zero-order valence-corrected chi connectivity index (χ0v) is 20.8. The average Bonchev–Trinajstić information content (AvgIpc) is 3.07. The van der Waals surface area contributed by atoms with Crippen molar-refractivity contribution in [3.8, 4) is 0 Å². The molecule has 35 heavy (non-hydrogen) atoms. The molecule has 0 aliphatic rings. The van der Waals surface area contributed by atoms with E-state index in [-0.39, 0.29) is 18.0 Å². The van der Waals surface area contributed by atoms with Crippen LogP contribution in [0.3, 0.4) is 0 Å². The highest BCUT2D eigenvalue weighted by molar-refractivity contribution is 7.89. The van der Waals surface area contributed by atoms with Crippen LogP contribution in [-0.4, -0.2) is 59.2 Å². The van der Waals surface area contributed by atoms with Crippen LogP contribution in [0.1, 0.15) is 30.7 Å². The Labute approximate surface area is 203 Å². The molecule has 0 fully saturated rings. The summed E-state index contributed by atoms with van der Waals surface area (Å²) in [6.45, 7) is 2.79. The van der Waals surface area contributed by atoms with E-state index in [9.17, 15) is 22.7 Å². The highest BCUT2D eigenvalue weighted by Crippen LogP contribution is 2.35. The Morgan fingerprint density at radius 2 is 1.89 bits per heavy atom. The van der Waals surface area contributed by atoms with Gasteiger partial charge in [-0.1, -0.05) is 12.1 Å². The lowest BCUT2D eigenvalue weighted by Gasteiger charge is -2.23. The number of carbonyl (C=O) groups is 1. The van der Waals surface area contributed by atoms with E-state index in [0.29, 0.717) is 28.7 Å². The summed E-state index contributed by atoms with van der Waals surface area (Å²) in [6, 6.07) is 9.95. The van der Waals surface area contributed by atoms with Crippen LogP contribution in [0.2, 0.25) is 0 Å². The van der Waals surface area contributed by atoms with E-state index in [1.165, 1.54) is 26.2 Å². The summed E-state index contributed by atoms with van der Waals surface area (Å²) < 4.78 is 42.3. The molecule has 1 amide bonds. The number of carboxylic acid groups (broad SMARTS) is 1. The summed E-state index contributed by atoms with van der Waals surface area (Å²) in [4.78, 5) is 15.3. The second-order valence-corrected chi connectivity index (χ2v) is 10.9. The van der Waals surface area contributed by atoms with Crippen LogP contribution in [0.5, 0.6) is 0 Å². The maximum Gasteiger partial charge on any atom is 0.404 e. The van der Waals surface area contributed by atoms with Crippen molar-refractivity contribution in [2.45, 2.75) is 37.3 Å². The number of hydrogen-bond acceptors (Lipinski definition) is 5. The first-order valence-electron chi connectivity index (χ1n) is 10.8. The predicted molar refractivity (Wildman–Crippen MR) is 130 cm³/mol. The summed E-state index contributed by atoms with van der Waals surface area (Å²) in [6.07, 6.45) is 1.82. The first-order chi connectivity index (χ1) is 16.3. The standard InChI is InChI=1S/C24H29FN4O5S/c1-24(2,32)22-19(14-16-7-9-18(10-8-16)35(33,34)28(3)4)21-20(6-5-12-26-21)29(22)15-17(25)11-13-27-23(30)31/h5-12,27,32H,13-15H2,1-4H3,(H,30,31). The van der Waals surface area contributed by atoms with Gasteiger partial charge >= 0.3 is 6.09 Å². The van der Waals surface area contributed by atoms with Gasteiger partial charge in [-0.3, -0.25) is 4.98 Å². The Balaban J connectivity index is 2.07. The van der Waals surface area contributed by atoms with Crippen molar-refractivity contribution in [1.29, 1.82) is 0 Å². The minimum Gasteiger partial charge on any atom is -0.465 e. The molecule has 0 radical (unpaired) electrons. The number of nitrogens with zero attached hydrogens (tertiary/aromatic N) is 3. The van der Waals surface area contributed by atoms with Crippen molar-refractivity contribution in [3.63, 3.8) is 0 Å².